The van der Waals surface area contributed by atoms with Gasteiger partial charge in [0.1, 0.15) is 17.4 Å². The van der Waals surface area contributed by atoms with Crippen molar-refractivity contribution in [3.8, 4) is 11.8 Å². The highest BCUT2D eigenvalue weighted by atomic mass is 35.5. The van der Waals surface area contributed by atoms with Gasteiger partial charge in [-0.15, -0.1) is 0 Å². The average molecular weight is 212 g/mol. The monoisotopic (exact) mass is 211 g/mol. The minimum atomic E-state index is -0.700. The fraction of sp³-hybridized carbons (Fsp3) is 0.111. The fourth-order valence-electron chi connectivity index (χ4n) is 0.921. The quantitative estimate of drug-likeness (QED) is 0.718. The van der Waals surface area contributed by atoms with E-state index in [9.17, 15) is 9.90 Å². The van der Waals surface area contributed by atoms with Gasteiger partial charge in [0, 0.05) is 6.07 Å². The summed E-state index contributed by atoms with van der Waals surface area (Å²) in [5.41, 5.74) is 0.0494. The van der Waals surface area contributed by atoms with Crippen LogP contribution in [0.3, 0.4) is 0 Å². The SMILES string of the molecule is COC(=O)c1cc(Cl)c(C#N)cc1O. The first-order valence-electron chi connectivity index (χ1n) is 3.61. The van der Waals surface area contributed by atoms with Crippen LogP contribution in [0.25, 0.3) is 0 Å². The molecule has 0 saturated carbocycles. The van der Waals surface area contributed by atoms with Gasteiger partial charge in [0.15, 0.2) is 0 Å². The molecule has 0 atom stereocenters. The Morgan fingerprint density at radius 3 is 2.79 bits per heavy atom. The lowest BCUT2D eigenvalue weighted by Crippen LogP contribution is -2.01. The molecule has 4 nitrogen and oxygen atoms in total. The molecule has 0 spiro atoms. The molecule has 0 saturated heterocycles. The van der Waals surface area contributed by atoms with Crippen LogP contribution < -0.4 is 0 Å². The molecule has 0 amide bonds. The molecule has 1 rings (SSSR count). The first kappa shape index (κ1) is 10.4. The van der Waals surface area contributed by atoms with E-state index in [1.807, 2.05) is 0 Å². The lowest BCUT2D eigenvalue weighted by molar-refractivity contribution is 0.0597. The van der Waals surface area contributed by atoms with Gasteiger partial charge >= 0.3 is 5.97 Å². The van der Waals surface area contributed by atoms with Gasteiger partial charge in [-0.05, 0) is 6.07 Å². The normalized spacial score (nSPS) is 9.21. The summed E-state index contributed by atoms with van der Waals surface area (Å²) in [6.45, 7) is 0. The highest BCUT2D eigenvalue weighted by molar-refractivity contribution is 6.32. The standard InChI is InChI=1S/C9H6ClNO3/c1-14-9(13)6-3-7(10)5(4-11)2-8(6)12/h2-3,12H,1H3. The van der Waals surface area contributed by atoms with E-state index in [0.717, 1.165) is 6.07 Å². The Kier molecular flexibility index (Phi) is 2.95. The molecular formula is C9H6ClNO3. The second-order valence-corrected chi connectivity index (χ2v) is 2.86. The van der Waals surface area contributed by atoms with E-state index >= 15 is 0 Å². The smallest absolute Gasteiger partial charge is 0.341 e. The molecule has 0 radical (unpaired) electrons. The van der Waals surface area contributed by atoms with Crippen LogP contribution in [0.1, 0.15) is 15.9 Å². The summed E-state index contributed by atoms with van der Waals surface area (Å²) >= 11 is 5.66. The first-order chi connectivity index (χ1) is 6.60. The molecule has 72 valence electrons. The molecule has 0 aliphatic carbocycles. The third-order valence-electron chi connectivity index (χ3n) is 1.61. The van der Waals surface area contributed by atoms with Crippen LogP contribution in [0.2, 0.25) is 5.02 Å². The van der Waals surface area contributed by atoms with Crippen molar-refractivity contribution in [2.75, 3.05) is 7.11 Å². The molecule has 1 aromatic carbocycles. The number of phenolic OH excluding ortho intramolecular Hbond substituents is 1. The maximum absolute atomic E-state index is 11.1. The van der Waals surface area contributed by atoms with Gasteiger partial charge in [-0.1, -0.05) is 11.6 Å². The number of carbonyl (C=O) groups excluding carboxylic acids is 1. The Morgan fingerprint density at radius 2 is 2.29 bits per heavy atom. The van der Waals surface area contributed by atoms with Gasteiger partial charge in [-0.3, -0.25) is 0 Å². The highest BCUT2D eigenvalue weighted by Gasteiger charge is 2.14. The molecule has 14 heavy (non-hydrogen) atoms. The zero-order valence-electron chi connectivity index (χ0n) is 7.24. The van der Waals surface area contributed by atoms with Crippen molar-refractivity contribution in [1.29, 1.82) is 5.26 Å². The van der Waals surface area contributed by atoms with E-state index in [2.05, 4.69) is 4.74 Å². The average Bonchev–Trinajstić information content (AvgIpc) is 2.19. The van der Waals surface area contributed by atoms with E-state index in [0.29, 0.717) is 0 Å². The molecule has 1 aromatic rings. The molecule has 0 aliphatic heterocycles. The van der Waals surface area contributed by atoms with Gasteiger partial charge in [0.2, 0.25) is 0 Å². The number of phenols is 1. The van der Waals surface area contributed by atoms with Crippen LogP contribution in [0.4, 0.5) is 0 Å². The Bertz CT molecular complexity index is 423. The van der Waals surface area contributed by atoms with Gasteiger partial charge < -0.3 is 9.84 Å². The van der Waals surface area contributed by atoms with Crippen molar-refractivity contribution in [2.45, 2.75) is 0 Å². The van der Waals surface area contributed by atoms with Crippen LogP contribution >= 0.6 is 11.6 Å². The number of hydrogen-bond donors (Lipinski definition) is 1. The number of nitrogens with zero attached hydrogens (tertiary/aromatic N) is 1. The molecule has 0 bridgehead atoms. The summed E-state index contributed by atoms with van der Waals surface area (Å²) in [6, 6.07) is 4.09. The van der Waals surface area contributed by atoms with E-state index in [1.165, 1.54) is 13.2 Å². The Hall–Kier alpha value is -1.73. The van der Waals surface area contributed by atoms with Crippen LogP contribution in [-0.2, 0) is 4.74 Å². The van der Waals surface area contributed by atoms with Crippen molar-refractivity contribution in [3.05, 3.63) is 28.3 Å². The third kappa shape index (κ3) is 1.78. The Balaban J connectivity index is 3.30. The zero-order chi connectivity index (χ0) is 10.7. The molecule has 0 aromatic heterocycles. The summed E-state index contributed by atoms with van der Waals surface area (Å²) in [7, 11) is 1.19. The van der Waals surface area contributed by atoms with E-state index < -0.39 is 5.97 Å². The Labute approximate surface area is 85.3 Å². The summed E-state index contributed by atoms with van der Waals surface area (Å²) in [5.74, 6) is -1.02. The molecule has 1 N–H and O–H groups in total. The Morgan fingerprint density at radius 1 is 1.64 bits per heavy atom. The second-order valence-electron chi connectivity index (χ2n) is 2.45. The minimum absolute atomic E-state index is 0.0588. The minimum Gasteiger partial charge on any atom is -0.507 e. The predicted molar refractivity (Wildman–Crippen MR) is 49.2 cm³/mol. The van der Waals surface area contributed by atoms with Crippen LogP contribution in [0, 0.1) is 11.3 Å². The van der Waals surface area contributed by atoms with Crippen molar-refractivity contribution in [2.24, 2.45) is 0 Å². The third-order valence-corrected chi connectivity index (χ3v) is 1.92. The van der Waals surface area contributed by atoms with Crippen molar-refractivity contribution >= 4 is 17.6 Å². The number of hydrogen-bond acceptors (Lipinski definition) is 4. The number of nitriles is 1. The van der Waals surface area contributed by atoms with Gasteiger partial charge in [-0.25, -0.2) is 4.79 Å². The maximum atomic E-state index is 11.1. The van der Waals surface area contributed by atoms with Crippen LogP contribution in [-0.4, -0.2) is 18.2 Å². The summed E-state index contributed by atoms with van der Waals surface area (Å²) < 4.78 is 4.41. The van der Waals surface area contributed by atoms with E-state index in [1.54, 1.807) is 6.07 Å². The number of ether oxygens (including phenoxy) is 1. The van der Waals surface area contributed by atoms with Gasteiger partial charge in [0.05, 0.1) is 17.7 Å². The van der Waals surface area contributed by atoms with Crippen molar-refractivity contribution < 1.29 is 14.6 Å². The summed E-state index contributed by atoms with van der Waals surface area (Å²) in [4.78, 5) is 11.1. The van der Waals surface area contributed by atoms with Crippen LogP contribution in [0.5, 0.6) is 5.75 Å². The topological polar surface area (TPSA) is 70.3 Å². The lowest BCUT2D eigenvalue weighted by Gasteiger charge is -2.03. The fourth-order valence-corrected chi connectivity index (χ4v) is 1.13. The zero-order valence-corrected chi connectivity index (χ0v) is 8.00. The predicted octanol–water partition coefficient (Wildman–Crippen LogP) is 1.70. The van der Waals surface area contributed by atoms with Crippen molar-refractivity contribution in [3.63, 3.8) is 0 Å². The number of benzene rings is 1. The molecule has 0 aliphatic rings. The largest absolute Gasteiger partial charge is 0.507 e. The number of aromatic hydroxyl groups is 1. The van der Waals surface area contributed by atoms with E-state index in [4.69, 9.17) is 16.9 Å². The number of halogens is 1. The number of methoxy groups -OCH3 is 1. The first-order valence-corrected chi connectivity index (χ1v) is 3.99. The highest BCUT2D eigenvalue weighted by Crippen LogP contribution is 2.26. The number of carbonyl (C=O) groups is 1. The van der Waals surface area contributed by atoms with Gasteiger partial charge in [0.25, 0.3) is 0 Å². The number of esters is 1. The molecule has 0 fully saturated rings. The molecule has 5 heteroatoms. The van der Waals surface area contributed by atoms with Crippen LogP contribution in [0.15, 0.2) is 12.1 Å². The van der Waals surface area contributed by atoms with Crippen molar-refractivity contribution in [1.82, 2.24) is 0 Å². The maximum Gasteiger partial charge on any atom is 0.341 e. The van der Waals surface area contributed by atoms with E-state index in [-0.39, 0.29) is 21.9 Å². The lowest BCUT2D eigenvalue weighted by atomic mass is 10.1. The molecule has 0 unspecified atom stereocenters. The summed E-state index contributed by atoms with van der Waals surface area (Å²) in [5, 5.41) is 18.0. The molecule has 0 heterocycles. The second kappa shape index (κ2) is 3.99. The summed E-state index contributed by atoms with van der Waals surface area (Å²) in [6.07, 6.45) is 0. The molecular weight excluding hydrogens is 206 g/mol. The number of rotatable bonds is 1. The van der Waals surface area contributed by atoms with Gasteiger partial charge in [-0.2, -0.15) is 5.26 Å².